The summed E-state index contributed by atoms with van der Waals surface area (Å²) in [5.41, 5.74) is 1.76. The fourth-order valence-electron chi connectivity index (χ4n) is 3.39. The molecule has 0 fully saturated rings. The SMILES string of the molecule is CCCCNC(=O)[C@@H](C)N(Cc1cccc(Cl)c1)C(=O)COc1ccccc1C(C)(C)C. The summed E-state index contributed by atoms with van der Waals surface area (Å²) < 4.78 is 5.95. The number of carbonyl (C=O) groups excluding carboxylic acids is 2. The number of benzene rings is 2. The molecule has 0 bridgehead atoms. The van der Waals surface area contributed by atoms with Crippen LogP contribution in [-0.4, -0.2) is 35.9 Å². The lowest BCUT2D eigenvalue weighted by Crippen LogP contribution is -2.49. The van der Waals surface area contributed by atoms with Gasteiger partial charge in [0.1, 0.15) is 11.8 Å². The Morgan fingerprint density at radius 2 is 1.84 bits per heavy atom. The predicted molar refractivity (Wildman–Crippen MR) is 130 cm³/mol. The zero-order valence-electron chi connectivity index (χ0n) is 19.8. The Hall–Kier alpha value is -2.53. The molecule has 32 heavy (non-hydrogen) atoms. The molecule has 0 unspecified atom stereocenters. The number of rotatable bonds is 10. The number of amides is 2. The van der Waals surface area contributed by atoms with E-state index >= 15 is 0 Å². The average molecular weight is 459 g/mol. The van der Waals surface area contributed by atoms with E-state index in [2.05, 4.69) is 33.0 Å². The number of nitrogens with zero attached hydrogens (tertiary/aromatic N) is 1. The van der Waals surface area contributed by atoms with Crippen LogP contribution < -0.4 is 10.1 Å². The van der Waals surface area contributed by atoms with Crippen LogP contribution in [0.3, 0.4) is 0 Å². The minimum atomic E-state index is -0.639. The van der Waals surface area contributed by atoms with Crippen molar-refractivity contribution in [2.75, 3.05) is 13.2 Å². The van der Waals surface area contributed by atoms with Gasteiger partial charge in [-0.2, -0.15) is 0 Å². The number of unbranched alkanes of at least 4 members (excludes halogenated alkanes) is 1. The van der Waals surface area contributed by atoms with Crippen LogP contribution in [0.25, 0.3) is 0 Å². The quantitative estimate of drug-likeness (QED) is 0.488. The largest absolute Gasteiger partial charge is 0.483 e. The van der Waals surface area contributed by atoms with E-state index in [0.717, 1.165) is 24.0 Å². The highest BCUT2D eigenvalue weighted by Crippen LogP contribution is 2.31. The van der Waals surface area contributed by atoms with Gasteiger partial charge in [-0.25, -0.2) is 0 Å². The highest BCUT2D eigenvalue weighted by molar-refractivity contribution is 6.30. The Morgan fingerprint density at radius 3 is 2.50 bits per heavy atom. The molecule has 0 aliphatic rings. The molecule has 0 saturated heterocycles. The number of hydrogen-bond acceptors (Lipinski definition) is 3. The molecule has 0 radical (unpaired) electrons. The van der Waals surface area contributed by atoms with Crippen molar-refractivity contribution >= 4 is 23.4 Å². The topological polar surface area (TPSA) is 58.6 Å². The maximum Gasteiger partial charge on any atom is 0.261 e. The van der Waals surface area contributed by atoms with E-state index in [9.17, 15) is 9.59 Å². The molecule has 5 nitrogen and oxygen atoms in total. The number of ether oxygens (including phenoxy) is 1. The van der Waals surface area contributed by atoms with Crippen LogP contribution in [0.15, 0.2) is 48.5 Å². The molecule has 6 heteroatoms. The Morgan fingerprint density at radius 1 is 1.12 bits per heavy atom. The normalized spacial score (nSPS) is 12.2. The first-order valence-electron chi connectivity index (χ1n) is 11.2. The lowest BCUT2D eigenvalue weighted by atomic mass is 9.86. The zero-order valence-corrected chi connectivity index (χ0v) is 20.5. The van der Waals surface area contributed by atoms with E-state index in [4.69, 9.17) is 16.3 Å². The first kappa shape index (κ1) is 25.7. The fourth-order valence-corrected chi connectivity index (χ4v) is 3.60. The summed E-state index contributed by atoms with van der Waals surface area (Å²) in [7, 11) is 0. The highest BCUT2D eigenvalue weighted by Gasteiger charge is 2.27. The second kappa shape index (κ2) is 11.9. The van der Waals surface area contributed by atoms with Crippen molar-refractivity contribution < 1.29 is 14.3 Å². The first-order chi connectivity index (χ1) is 15.1. The van der Waals surface area contributed by atoms with Gasteiger partial charge in [0.05, 0.1) is 0 Å². The Bertz CT molecular complexity index is 908. The summed E-state index contributed by atoms with van der Waals surface area (Å²) in [6.07, 6.45) is 1.88. The van der Waals surface area contributed by atoms with Crippen molar-refractivity contribution in [3.05, 3.63) is 64.7 Å². The Labute approximate surface area is 197 Å². The van der Waals surface area contributed by atoms with Crippen LogP contribution in [0.4, 0.5) is 0 Å². The van der Waals surface area contributed by atoms with E-state index in [0.29, 0.717) is 17.3 Å². The van der Waals surface area contributed by atoms with Gasteiger partial charge in [0.15, 0.2) is 6.61 Å². The lowest BCUT2D eigenvalue weighted by molar-refractivity contribution is -0.142. The summed E-state index contributed by atoms with van der Waals surface area (Å²) in [5, 5.41) is 3.51. The molecule has 0 aliphatic heterocycles. The molecule has 0 aliphatic carbocycles. The maximum atomic E-state index is 13.2. The molecule has 2 aromatic rings. The minimum Gasteiger partial charge on any atom is -0.483 e. The van der Waals surface area contributed by atoms with Gasteiger partial charge in [0.2, 0.25) is 5.91 Å². The number of halogens is 1. The van der Waals surface area contributed by atoms with Gasteiger partial charge in [0, 0.05) is 18.1 Å². The smallest absolute Gasteiger partial charge is 0.261 e. The predicted octanol–water partition coefficient (Wildman–Crippen LogP) is 5.35. The number of carbonyl (C=O) groups is 2. The third-order valence-electron chi connectivity index (χ3n) is 5.29. The second-order valence-electron chi connectivity index (χ2n) is 9.01. The third-order valence-corrected chi connectivity index (χ3v) is 5.52. The van der Waals surface area contributed by atoms with Crippen molar-refractivity contribution in [3.8, 4) is 5.75 Å². The molecule has 2 aromatic carbocycles. The molecule has 0 heterocycles. The monoisotopic (exact) mass is 458 g/mol. The Balaban J connectivity index is 2.19. The molecule has 2 amide bonds. The van der Waals surface area contributed by atoms with Gasteiger partial charge in [-0.1, -0.05) is 76.0 Å². The molecular weight excluding hydrogens is 424 g/mol. The van der Waals surface area contributed by atoms with E-state index < -0.39 is 6.04 Å². The zero-order chi connectivity index (χ0) is 23.7. The minimum absolute atomic E-state index is 0.118. The summed E-state index contributed by atoms with van der Waals surface area (Å²) >= 11 is 6.13. The van der Waals surface area contributed by atoms with E-state index in [1.807, 2.05) is 36.4 Å². The third kappa shape index (κ3) is 7.56. The molecule has 0 saturated carbocycles. The molecule has 1 atom stereocenters. The summed E-state index contributed by atoms with van der Waals surface area (Å²) in [4.78, 5) is 27.5. The molecular formula is C26H35ClN2O3. The molecule has 0 aromatic heterocycles. The molecule has 174 valence electrons. The lowest BCUT2D eigenvalue weighted by Gasteiger charge is -2.29. The first-order valence-corrected chi connectivity index (χ1v) is 11.5. The van der Waals surface area contributed by atoms with Crippen molar-refractivity contribution in [2.45, 2.75) is 65.5 Å². The van der Waals surface area contributed by atoms with Crippen molar-refractivity contribution in [1.29, 1.82) is 0 Å². The van der Waals surface area contributed by atoms with Crippen LogP contribution in [0.1, 0.15) is 58.6 Å². The van der Waals surface area contributed by atoms with Gasteiger partial charge < -0.3 is 15.0 Å². The number of nitrogens with one attached hydrogen (secondary N) is 1. The maximum absolute atomic E-state index is 13.2. The van der Waals surface area contributed by atoms with Crippen LogP contribution in [-0.2, 0) is 21.5 Å². The Kier molecular flexibility index (Phi) is 9.58. The van der Waals surface area contributed by atoms with Gasteiger partial charge in [0.25, 0.3) is 5.91 Å². The fraction of sp³-hybridized carbons (Fsp3) is 0.462. The van der Waals surface area contributed by atoms with Gasteiger partial charge in [-0.05, 0) is 48.1 Å². The van der Waals surface area contributed by atoms with E-state index in [1.54, 1.807) is 24.0 Å². The summed E-state index contributed by atoms with van der Waals surface area (Å²) in [6, 6.07) is 14.4. The van der Waals surface area contributed by atoms with Gasteiger partial charge in [-0.15, -0.1) is 0 Å². The average Bonchev–Trinajstić information content (AvgIpc) is 2.75. The van der Waals surface area contributed by atoms with Crippen molar-refractivity contribution in [3.63, 3.8) is 0 Å². The molecule has 0 spiro atoms. The van der Waals surface area contributed by atoms with Crippen LogP contribution >= 0.6 is 11.6 Å². The number of hydrogen-bond donors (Lipinski definition) is 1. The standard InChI is InChI=1S/C26H35ClN2O3/c1-6-7-15-28-25(31)19(2)29(17-20-11-10-12-21(27)16-20)24(30)18-32-23-14-9-8-13-22(23)26(3,4)5/h8-14,16,19H,6-7,15,17-18H2,1-5H3,(H,28,31)/t19-/m1/s1. The van der Waals surface area contributed by atoms with Crippen molar-refractivity contribution in [1.82, 2.24) is 10.2 Å². The van der Waals surface area contributed by atoms with Crippen molar-refractivity contribution in [2.24, 2.45) is 0 Å². The highest BCUT2D eigenvalue weighted by atomic mass is 35.5. The van der Waals surface area contributed by atoms with Gasteiger partial charge in [-0.3, -0.25) is 9.59 Å². The molecule has 2 rings (SSSR count). The van der Waals surface area contributed by atoms with Gasteiger partial charge >= 0.3 is 0 Å². The van der Waals surface area contributed by atoms with Crippen LogP contribution in [0.5, 0.6) is 5.75 Å². The second-order valence-corrected chi connectivity index (χ2v) is 9.44. The molecule has 1 N–H and O–H groups in total. The number of para-hydroxylation sites is 1. The van der Waals surface area contributed by atoms with E-state index in [-0.39, 0.29) is 30.4 Å². The van der Waals surface area contributed by atoms with Crippen LogP contribution in [0.2, 0.25) is 5.02 Å². The summed E-state index contributed by atoms with van der Waals surface area (Å²) in [6.45, 7) is 10.8. The summed E-state index contributed by atoms with van der Waals surface area (Å²) in [5.74, 6) is 0.242. The van der Waals surface area contributed by atoms with E-state index in [1.165, 1.54) is 0 Å². The van der Waals surface area contributed by atoms with Crippen LogP contribution in [0, 0.1) is 0 Å².